The molecule has 5 nitrogen and oxygen atoms in total. The Bertz CT molecular complexity index is 433. The van der Waals surface area contributed by atoms with Crippen LogP contribution in [0.4, 0.5) is 11.4 Å². The van der Waals surface area contributed by atoms with Crippen LogP contribution in [-0.2, 0) is 4.74 Å². The van der Waals surface area contributed by atoms with Crippen LogP contribution < -0.4 is 11.1 Å². The van der Waals surface area contributed by atoms with Crippen molar-refractivity contribution in [3.63, 3.8) is 0 Å². The number of rotatable bonds is 6. The van der Waals surface area contributed by atoms with E-state index in [4.69, 9.17) is 10.5 Å². The first kappa shape index (κ1) is 15.3. The Labute approximate surface area is 114 Å². The largest absolute Gasteiger partial charge is 0.462 e. The van der Waals surface area contributed by atoms with Gasteiger partial charge in [0.25, 0.3) is 0 Å². The molecule has 0 aliphatic heterocycles. The van der Waals surface area contributed by atoms with Crippen LogP contribution in [0.2, 0.25) is 0 Å². The van der Waals surface area contributed by atoms with Crippen LogP contribution in [0.15, 0.2) is 18.2 Å². The maximum atomic E-state index is 11.7. The molecule has 0 saturated carbocycles. The van der Waals surface area contributed by atoms with E-state index in [1.165, 1.54) is 0 Å². The molecule has 0 aliphatic carbocycles. The van der Waals surface area contributed by atoms with Crippen LogP contribution in [-0.4, -0.2) is 44.2 Å². The van der Waals surface area contributed by atoms with Crippen molar-refractivity contribution in [3.8, 4) is 0 Å². The van der Waals surface area contributed by atoms with E-state index in [0.717, 1.165) is 12.2 Å². The highest BCUT2D eigenvalue weighted by Crippen LogP contribution is 2.19. The SMILES string of the molecule is CCOC(=O)c1cc(NCC(C)N(C)C)ccc1N. The van der Waals surface area contributed by atoms with E-state index in [2.05, 4.69) is 17.1 Å². The number of hydrogen-bond acceptors (Lipinski definition) is 5. The molecule has 0 aliphatic rings. The third kappa shape index (κ3) is 4.44. The van der Waals surface area contributed by atoms with Gasteiger partial charge in [-0.25, -0.2) is 4.79 Å². The zero-order valence-electron chi connectivity index (χ0n) is 12.1. The Balaban J connectivity index is 2.76. The lowest BCUT2D eigenvalue weighted by Gasteiger charge is -2.20. The third-order valence-electron chi connectivity index (χ3n) is 3.03. The minimum Gasteiger partial charge on any atom is -0.462 e. The van der Waals surface area contributed by atoms with Crippen molar-refractivity contribution in [1.29, 1.82) is 0 Å². The smallest absolute Gasteiger partial charge is 0.340 e. The Morgan fingerprint density at radius 1 is 1.47 bits per heavy atom. The summed E-state index contributed by atoms with van der Waals surface area (Å²) in [4.78, 5) is 13.8. The van der Waals surface area contributed by atoms with E-state index < -0.39 is 0 Å². The highest BCUT2D eigenvalue weighted by molar-refractivity contribution is 5.96. The number of likely N-dealkylation sites (N-methyl/N-ethyl adjacent to an activating group) is 1. The number of nitrogens with zero attached hydrogens (tertiary/aromatic N) is 1. The van der Waals surface area contributed by atoms with Crippen LogP contribution >= 0.6 is 0 Å². The van der Waals surface area contributed by atoms with Gasteiger partial charge in [-0.1, -0.05) is 0 Å². The molecule has 3 N–H and O–H groups in total. The normalized spacial score (nSPS) is 12.3. The van der Waals surface area contributed by atoms with Crippen molar-refractivity contribution >= 4 is 17.3 Å². The summed E-state index contributed by atoms with van der Waals surface area (Å²) >= 11 is 0. The summed E-state index contributed by atoms with van der Waals surface area (Å²) < 4.78 is 4.97. The number of hydrogen-bond donors (Lipinski definition) is 2. The summed E-state index contributed by atoms with van der Waals surface area (Å²) in [6, 6.07) is 5.70. The summed E-state index contributed by atoms with van der Waals surface area (Å²) in [6.45, 7) is 5.03. The lowest BCUT2D eigenvalue weighted by Crippen LogP contribution is -2.31. The van der Waals surface area contributed by atoms with E-state index in [-0.39, 0.29) is 5.97 Å². The summed E-state index contributed by atoms with van der Waals surface area (Å²) in [5.41, 5.74) is 7.50. The molecule has 0 heterocycles. The molecule has 106 valence electrons. The maximum Gasteiger partial charge on any atom is 0.340 e. The van der Waals surface area contributed by atoms with Crippen LogP contribution in [0.25, 0.3) is 0 Å². The Morgan fingerprint density at radius 3 is 2.74 bits per heavy atom. The molecule has 1 unspecified atom stereocenters. The van der Waals surface area contributed by atoms with Gasteiger partial charge in [0.1, 0.15) is 0 Å². The maximum absolute atomic E-state index is 11.7. The fourth-order valence-corrected chi connectivity index (χ4v) is 1.50. The predicted molar refractivity (Wildman–Crippen MR) is 78.4 cm³/mol. The molecule has 5 heteroatoms. The number of benzene rings is 1. The van der Waals surface area contributed by atoms with Crippen molar-refractivity contribution in [3.05, 3.63) is 23.8 Å². The van der Waals surface area contributed by atoms with Crippen LogP contribution in [0, 0.1) is 0 Å². The number of nitrogen functional groups attached to an aromatic ring is 1. The van der Waals surface area contributed by atoms with E-state index in [0.29, 0.717) is 23.9 Å². The van der Waals surface area contributed by atoms with Gasteiger partial charge in [-0.15, -0.1) is 0 Å². The number of anilines is 2. The monoisotopic (exact) mass is 265 g/mol. The zero-order chi connectivity index (χ0) is 14.4. The molecule has 0 saturated heterocycles. The second-order valence-corrected chi connectivity index (χ2v) is 4.72. The Kier molecular flexibility index (Phi) is 5.63. The van der Waals surface area contributed by atoms with Crippen molar-refractivity contribution < 1.29 is 9.53 Å². The summed E-state index contributed by atoms with van der Waals surface area (Å²) in [6.07, 6.45) is 0. The Hall–Kier alpha value is -1.75. The molecule has 1 atom stereocenters. The topological polar surface area (TPSA) is 67.6 Å². The molecule has 1 aromatic rings. The number of esters is 1. The van der Waals surface area contributed by atoms with Crippen molar-refractivity contribution in [1.82, 2.24) is 4.90 Å². The van der Waals surface area contributed by atoms with Crippen LogP contribution in [0.5, 0.6) is 0 Å². The number of carbonyl (C=O) groups is 1. The fourth-order valence-electron chi connectivity index (χ4n) is 1.50. The van der Waals surface area contributed by atoms with Crippen molar-refractivity contribution in [2.24, 2.45) is 0 Å². The number of nitrogens with two attached hydrogens (primary N) is 1. The molecule has 0 spiro atoms. The lowest BCUT2D eigenvalue weighted by molar-refractivity contribution is 0.0527. The average molecular weight is 265 g/mol. The van der Waals surface area contributed by atoms with Crippen LogP contribution in [0.1, 0.15) is 24.2 Å². The molecule has 0 radical (unpaired) electrons. The van der Waals surface area contributed by atoms with Gasteiger partial charge in [0.05, 0.1) is 12.2 Å². The van der Waals surface area contributed by atoms with Gasteiger partial charge in [-0.3, -0.25) is 0 Å². The molecule has 1 rings (SSSR count). The lowest BCUT2D eigenvalue weighted by atomic mass is 10.1. The van der Waals surface area contributed by atoms with Gasteiger partial charge in [0.2, 0.25) is 0 Å². The molecule has 0 aromatic heterocycles. The van der Waals surface area contributed by atoms with E-state index in [1.54, 1.807) is 19.1 Å². The minimum atomic E-state index is -0.385. The highest BCUT2D eigenvalue weighted by atomic mass is 16.5. The molecular weight excluding hydrogens is 242 g/mol. The van der Waals surface area contributed by atoms with Gasteiger partial charge in [-0.05, 0) is 46.1 Å². The summed E-state index contributed by atoms with van der Waals surface area (Å²) in [5.74, 6) is -0.385. The second kappa shape index (κ2) is 6.99. The standard InChI is InChI=1S/C14H23N3O2/c1-5-19-14(18)12-8-11(6-7-13(12)15)16-9-10(2)17(3)4/h6-8,10,16H,5,9,15H2,1-4H3. The van der Waals surface area contributed by atoms with E-state index in [9.17, 15) is 4.79 Å². The zero-order valence-corrected chi connectivity index (χ0v) is 12.1. The fraction of sp³-hybridized carbons (Fsp3) is 0.500. The highest BCUT2D eigenvalue weighted by Gasteiger charge is 2.12. The molecule has 0 bridgehead atoms. The number of nitrogens with one attached hydrogen (secondary N) is 1. The Morgan fingerprint density at radius 2 is 2.16 bits per heavy atom. The minimum absolute atomic E-state index is 0.341. The van der Waals surface area contributed by atoms with Gasteiger partial charge in [0, 0.05) is 24.0 Å². The molecule has 0 amide bonds. The third-order valence-corrected chi connectivity index (χ3v) is 3.03. The predicted octanol–water partition coefficient (Wildman–Crippen LogP) is 1.81. The first-order valence-corrected chi connectivity index (χ1v) is 6.42. The molecular formula is C14H23N3O2. The van der Waals surface area contributed by atoms with Crippen LogP contribution in [0.3, 0.4) is 0 Å². The van der Waals surface area contributed by atoms with E-state index in [1.807, 2.05) is 20.2 Å². The van der Waals surface area contributed by atoms with Crippen molar-refractivity contribution in [2.45, 2.75) is 19.9 Å². The average Bonchev–Trinajstić information content (AvgIpc) is 2.37. The second-order valence-electron chi connectivity index (χ2n) is 4.72. The van der Waals surface area contributed by atoms with Gasteiger partial charge in [0.15, 0.2) is 0 Å². The quantitative estimate of drug-likeness (QED) is 0.606. The number of carbonyl (C=O) groups excluding carboxylic acids is 1. The number of ether oxygens (including phenoxy) is 1. The van der Waals surface area contributed by atoms with E-state index >= 15 is 0 Å². The molecule has 19 heavy (non-hydrogen) atoms. The first-order valence-electron chi connectivity index (χ1n) is 6.42. The summed E-state index contributed by atoms with van der Waals surface area (Å²) in [7, 11) is 4.05. The molecule has 1 aromatic carbocycles. The van der Waals surface area contributed by atoms with Crippen molar-refractivity contribution in [2.75, 3.05) is 38.3 Å². The van der Waals surface area contributed by atoms with Gasteiger partial charge < -0.3 is 20.7 Å². The molecule has 0 fully saturated rings. The summed E-state index contributed by atoms with van der Waals surface area (Å²) in [5, 5.41) is 3.29. The van der Waals surface area contributed by atoms with Gasteiger partial charge >= 0.3 is 5.97 Å². The van der Waals surface area contributed by atoms with Gasteiger partial charge in [-0.2, -0.15) is 0 Å². The first-order chi connectivity index (χ1) is 8.95.